The highest BCUT2D eigenvalue weighted by atomic mass is 35.5. The highest BCUT2D eigenvalue weighted by Crippen LogP contribution is 2.11. The number of rotatable bonds is 2. The van der Waals surface area contributed by atoms with Crippen molar-refractivity contribution >= 4 is 23.1 Å². The number of alkyl halides is 1. The molecule has 0 amide bonds. The van der Waals surface area contributed by atoms with Crippen LogP contribution in [0.4, 0.5) is 5.69 Å². The van der Waals surface area contributed by atoms with Gasteiger partial charge in [0.15, 0.2) is 0 Å². The second-order valence-corrected chi connectivity index (χ2v) is 2.74. The Kier molecular flexibility index (Phi) is 3.11. The maximum absolute atomic E-state index is 7.47. The molecule has 0 heterocycles. The summed E-state index contributed by atoms with van der Waals surface area (Å²) in [7, 11) is 1.83. The second-order valence-electron chi connectivity index (χ2n) is 2.47. The van der Waals surface area contributed by atoms with Crippen LogP contribution < -0.4 is 4.90 Å². The average Bonchev–Trinajstić information content (AvgIpc) is 2.17. The lowest BCUT2D eigenvalue weighted by atomic mass is 10.3. The quantitative estimate of drug-likeness (QED) is 0.424. The minimum Gasteiger partial charge on any atom is -0.332 e. The van der Waals surface area contributed by atoms with Crippen LogP contribution in [-0.2, 0) is 0 Å². The van der Waals surface area contributed by atoms with Crippen molar-refractivity contribution in [2.24, 2.45) is 0 Å². The molecule has 0 saturated heterocycles. The molecule has 0 aliphatic carbocycles. The zero-order chi connectivity index (χ0) is 8.97. The SMILES string of the molecule is CN(C(=N)CCl)c1ccccc1. The van der Waals surface area contributed by atoms with Crippen molar-refractivity contribution in [3.63, 3.8) is 0 Å². The van der Waals surface area contributed by atoms with Gasteiger partial charge in [-0.2, -0.15) is 0 Å². The predicted octanol–water partition coefficient (Wildman–Crippen LogP) is 2.34. The van der Waals surface area contributed by atoms with Crippen LogP contribution in [0.5, 0.6) is 0 Å². The fraction of sp³-hybridized carbons (Fsp3) is 0.222. The lowest BCUT2D eigenvalue weighted by Gasteiger charge is -2.17. The van der Waals surface area contributed by atoms with E-state index >= 15 is 0 Å². The molecule has 2 nitrogen and oxygen atoms in total. The molecule has 0 aliphatic rings. The molecule has 3 heteroatoms. The Labute approximate surface area is 77.3 Å². The van der Waals surface area contributed by atoms with E-state index in [1.807, 2.05) is 37.4 Å². The van der Waals surface area contributed by atoms with Crippen molar-refractivity contribution in [2.75, 3.05) is 17.8 Å². The van der Waals surface area contributed by atoms with Gasteiger partial charge < -0.3 is 4.90 Å². The van der Waals surface area contributed by atoms with Crippen LogP contribution in [-0.4, -0.2) is 18.8 Å². The van der Waals surface area contributed by atoms with Gasteiger partial charge in [-0.3, -0.25) is 5.41 Å². The number of nitrogens with one attached hydrogen (secondary N) is 1. The summed E-state index contributed by atoms with van der Waals surface area (Å²) >= 11 is 5.53. The van der Waals surface area contributed by atoms with Crippen LogP contribution in [0, 0.1) is 5.41 Å². The maximum Gasteiger partial charge on any atom is 0.115 e. The largest absolute Gasteiger partial charge is 0.332 e. The number of halogens is 1. The second kappa shape index (κ2) is 4.12. The molecule has 64 valence electrons. The van der Waals surface area contributed by atoms with Gasteiger partial charge in [0.2, 0.25) is 0 Å². The summed E-state index contributed by atoms with van der Waals surface area (Å²) < 4.78 is 0. The average molecular weight is 183 g/mol. The first kappa shape index (κ1) is 9.07. The van der Waals surface area contributed by atoms with E-state index in [0.29, 0.717) is 5.84 Å². The summed E-state index contributed by atoms with van der Waals surface area (Å²) in [6.07, 6.45) is 0. The summed E-state index contributed by atoms with van der Waals surface area (Å²) in [5.41, 5.74) is 0.989. The van der Waals surface area contributed by atoms with Gasteiger partial charge in [0.1, 0.15) is 5.84 Å². The normalized spacial score (nSPS) is 9.50. The molecule has 0 fully saturated rings. The molecule has 0 aliphatic heterocycles. The van der Waals surface area contributed by atoms with E-state index < -0.39 is 0 Å². The molecule has 0 saturated carbocycles. The molecule has 0 spiro atoms. The number of hydrogen-bond donors (Lipinski definition) is 1. The Bertz CT molecular complexity index is 258. The Morgan fingerprint density at radius 1 is 1.42 bits per heavy atom. The van der Waals surface area contributed by atoms with Crippen LogP contribution in [0.2, 0.25) is 0 Å². The number of para-hydroxylation sites is 1. The summed E-state index contributed by atoms with van der Waals surface area (Å²) in [6.45, 7) is 0. The summed E-state index contributed by atoms with van der Waals surface area (Å²) in [5.74, 6) is 0.647. The van der Waals surface area contributed by atoms with E-state index in [4.69, 9.17) is 17.0 Å². The molecule has 1 aromatic carbocycles. The summed E-state index contributed by atoms with van der Waals surface area (Å²) in [5, 5.41) is 7.47. The van der Waals surface area contributed by atoms with Crippen LogP contribution in [0.1, 0.15) is 0 Å². The maximum atomic E-state index is 7.47. The smallest absolute Gasteiger partial charge is 0.115 e. The van der Waals surface area contributed by atoms with Gasteiger partial charge in [-0.15, -0.1) is 11.6 Å². The van der Waals surface area contributed by atoms with E-state index in [2.05, 4.69) is 0 Å². The molecule has 0 unspecified atom stereocenters. The third-order valence-corrected chi connectivity index (χ3v) is 1.93. The monoisotopic (exact) mass is 182 g/mol. The third-order valence-electron chi connectivity index (χ3n) is 1.67. The number of amidine groups is 1. The van der Waals surface area contributed by atoms with Gasteiger partial charge in [0.05, 0.1) is 5.88 Å². The number of nitrogens with zero attached hydrogens (tertiary/aromatic N) is 1. The zero-order valence-corrected chi connectivity index (χ0v) is 7.67. The Balaban J connectivity index is 2.78. The van der Waals surface area contributed by atoms with Crippen molar-refractivity contribution in [1.29, 1.82) is 5.41 Å². The van der Waals surface area contributed by atoms with Crippen molar-refractivity contribution in [1.82, 2.24) is 0 Å². The molecule has 0 atom stereocenters. The molecular formula is C9H11ClN2. The lowest BCUT2D eigenvalue weighted by Crippen LogP contribution is -2.26. The van der Waals surface area contributed by atoms with Gasteiger partial charge >= 0.3 is 0 Å². The summed E-state index contributed by atoms with van der Waals surface area (Å²) in [6, 6.07) is 9.71. The van der Waals surface area contributed by atoms with Crippen LogP contribution in [0.25, 0.3) is 0 Å². The fourth-order valence-corrected chi connectivity index (χ4v) is 1.08. The van der Waals surface area contributed by atoms with Gasteiger partial charge in [0, 0.05) is 12.7 Å². The molecule has 1 rings (SSSR count). The summed E-state index contributed by atoms with van der Waals surface area (Å²) in [4.78, 5) is 1.76. The topological polar surface area (TPSA) is 27.1 Å². The van der Waals surface area contributed by atoms with Crippen LogP contribution in [0.3, 0.4) is 0 Å². The van der Waals surface area contributed by atoms with E-state index in [1.165, 1.54) is 0 Å². The van der Waals surface area contributed by atoms with Crippen molar-refractivity contribution < 1.29 is 0 Å². The molecule has 0 aromatic heterocycles. The van der Waals surface area contributed by atoms with Gasteiger partial charge in [-0.25, -0.2) is 0 Å². The number of benzene rings is 1. The highest BCUT2D eigenvalue weighted by molar-refractivity contribution is 6.29. The molecule has 0 bridgehead atoms. The minimum absolute atomic E-state index is 0.241. The van der Waals surface area contributed by atoms with Crippen molar-refractivity contribution in [3.8, 4) is 0 Å². The third kappa shape index (κ3) is 1.98. The van der Waals surface area contributed by atoms with Crippen molar-refractivity contribution in [2.45, 2.75) is 0 Å². The molecule has 1 aromatic rings. The first-order chi connectivity index (χ1) is 5.75. The van der Waals surface area contributed by atoms with E-state index in [-0.39, 0.29) is 5.88 Å². The van der Waals surface area contributed by atoms with Crippen LogP contribution in [0.15, 0.2) is 30.3 Å². The Morgan fingerprint density at radius 2 is 2.00 bits per heavy atom. The Hall–Kier alpha value is -1.02. The van der Waals surface area contributed by atoms with Gasteiger partial charge in [0.25, 0.3) is 0 Å². The lowest BCUT2D eigenvalue weighted by molar-refractivity contribution is 1.21. The fourth-order valence-electron chi connectivity index (χ4n) is 0.897. The predicted molar refractivity (Wildman–Crippen MR) is 53.3 cm³/mol. The van der Waals surface area contributed by atoms with Crippen LogP contribution >= 0.6 is 11.6 Å². The number of anilines is 1. The zero-order valence-electron chi connectivity index (χ0n) is 6.92. The molecular weight excluding hydrogens is 172 g/mol. The number of hydrogen-bond acceptors (Lipinski definition) is 1. The van der Waals surface area contributed by atoms with Gasteiger partial charge in [-0.05, 0) is 12.1 Å². The highest BCUT2D eigenvalue weighted by Gasteiger charge is 2.03. The van der Waals surface area contributed by atoms with Gasteiger partial charge in [-0.1, -0.05) is 18.2 Å². The minimum atomic E-state index is 0.241. The standard InChI is InChI=1S/C9H11ClN2/c1-12(9(11)7-10)8-5-3-2-4-6-8/h2-6,11H,7H2,1H3. The van der Waals surface area contributed by atoms with E-state index in [1.54, 1.807) is 4.90 Å². The molecule has 12 heavy (non-hydrogen) atoms. The molecule has 0 radical (unpaired) electrons. The Morgan fingerprint density at radius 3 is 2.50 bits per heavy atom. The first-order valence-corrected chi connectivity index (χ1v) is 4.21. The van der Waals surface area contributed by atoms with E-state index in [0.717, 1.165) is 5.69 Å². The molecule has 1 N–H and O–H groups in total. The van der Waals surface area contributed by atoms with Crippen molar-refractivity contribution in [3.05, 3.63) is 30.3 Å². The van der Waals surface area contributed by atoms with E-state index in [9.17, 15) is 0 Å². The first-order valence-electron chi connectivity index (χ1n) is 3.68.